The molecule has 3 rings (SSSR count). The topological polar surface area (TPSA) is 49.7 Å². The third kappa shape index (κ3) is 4.20. The molecule has 5 nitrogen and oxygen atoms in total. The lowest BCUT2D eigenvalue weighted by Crippen LogP contribution is -2.10. The predicted octanol–water partition coefficient (Wildman–Crippen LogP) is 5.60. The first kappa shape index (κ1) is 21.5. The molecule has 2 aromatic carbocycles. The molecule has 0 atom stereocenters. The number of hydrogen-bond donors (Lipinski definition) is 0. The van der Waals surface area contributed by atoms with Gasteiger partial charge in [0.25, 0.3) is 0 Å². The number of methoxy groups -OCH3 is 2. The van der Waals surface area contributed by atoms with Crippen molar-refractivity contribution in [2.24, 2.45) is 0 Å². The Morgan fingerprint density at radius 3 is 2.27 bits per heavy atom. The van der Waals surface area contributed by atoms with Crippen molar-refractivity contribution in [2.45, 2.75) is 33.6 Å². The summed E-state index contributed by atoms with van der Waals surface area (Å²) in [7, 11) is 3.23. The van der Waals surface area contributed by atoms with Gasteiger partial charge in [-0.1, -0.05) is 43.2 Å². The predicted molar refractivity (Wildman–Crippen MR) is 119 cm³/mol. The van der Waals surface area contributed by atoms with Crippen LogP contribution in [-0.4, -0.2) is 31.4 Å². The van der Waals surface area contributed by atoms with Crippen LogP contribution in [0.3, 0.4) is 0 Å². The lowest BCUT2D eigenvalue weighted by Gasteiger charge is -2.13. The van der Waals surface area contributed by atoms with Gasteiger partial charge in [0.15, 0.2) is 11.5 Å². The van der Waals surface area contributed by atoms with Gasteiger partial charge in [0.2, 0.25) is 0 Å². The van der Waals surface area contributed by atoms with Crippen molar-refractivity contribution in [2.75, 3.05) is 20.8 Å². The van der Waals surface area contributed by atoms with Gasteiger partial charge < -0.3 is 18.8 Å². The molecule has 0 N–H and O–H groups in total. The van der Waals surface area contributed by atoms with Crippen LogP contribution in [0, 0.1) is 6.92 Å². The summed E-state index contributed by atoms with van der Waals surface area (Å²) in [6, 6.07) is 14.0. The quantitative estimate of drug-likeness (QED) is 0.456. The minimum Gasteiger partial charge on any atom is -0.493 e. The maximum absolute atomic E-state index is 13.0. The summed E-state index contributed by atoms with van der Waals surface area (Å²) in [6.45, 7) is 6.31. The molecule has 0 unspecified atom stereocenters. The molecule has 0 saturated carbocycles. The van der Waals surface area contributed by atoms with E-state index in [2.05, 4.69) is 23.6 Å². The van der Waals surface area contributed by atoms with E-state index in [-0.39, 0.29) is 5.97 Å². The van der Waals surface area contributed by atoms with Gasteiger partial charge in [-0.3, -0.25) is 0 Å². The van der Waals surface area contributed by atoms with E-state index in [0.717, 1.165) is 35.3 Å². The Morgan fingerprint density at radius 2 is 1.67 bits per heavy atom. The monoisotopic (exact) mass is 407 g/mol. The maximum Gasteiger partial charge on any atom is 0.340 e. The van der Waals surface area contributed by atoms with Crippen molar-refractivity contribution in [1.29, 1.82) is 0 Å². The van der Waals surface area contributed by atoms with E-state index in [0.29, 0.717) is 23.7 Å². The van der Waals surface area contributed by atoms with Gasteiger partial charge in [-0.2, -0.15) is 0 Å². The summed E-state index contributed by atoms with van der Waals surface area (Å²) in [6.07, 6.45) is 3.66. The van der Waals surface area contributed by atoms with Gasteiger partial charge in [-0.25, -0.2) is 4.79 Å². The molecule has 0 saturated heterocycles. The molecule has 5 heteroatoms. The van der Waals surface area contributed by atoms with Gasteiger partial charge in [-0.15, -0.1) is 0 Å². The van der Waals surface area contributed by atoms with Gasteiger partial charge >= 0.3 is 5.97 Å². The number of aromatic nitrogens is 1. The second-order valence-corrected chi connectivity index (χ2v) is 7.11. The van der Waals surface area contributed by atoms with Gasteiger partial charge in [0.05, 0.1) is 26.4 Å². The molecule has 0 aliphatic heterocycles. The Bertz CT molecular complexity index is 1020. The van der Waals surface area contributed by atoms with E-state index < -0.39 is 0 Å². The fourth-order valence-electron chi connectivity index (χ4n) is 3.62. The number of benzene rings is 2. The Hall–Kier alpha value is -3.21. The maximum atomic E-state index is 13.0. The molecule has 1 aromatic heterocycles. The number of ether oxygens (including phenoxy) is 3. The Morgan fingerprint density at radius 1 is 0.967 bits per heavy atom. The number of esters is 1. The zero-order valence-electron chi connectivity index (χ0n) is 18.3. The van der Waals surface area contributed by atoms with Crippen LogP contribution in [-0.2, 0) is 11.2 Å². The van der Waals surface area contributed by atoms with Crippen LogP contribution in [0.4, 0.5) is 0 Å². The van der Waals surface area contributed by atoms with Gasteiger partial charge in [0.1, 0.15) is 0 Å². The Labute approximate surface area is 178 Å². The molecule has 0 bridgehead atoms. The lowest BCUT2D eigenvalue weighted by molar-refractivity contribution is 0.0526. The van der Waals surface area contributed by atoms with Crippen LogP contribution in [0.2, 0.25) is 0 Å². The average Bonchev–Trinajstić information content (AvgIpc) is 3.13. The van der Waals surface area contributed by atoms with Crippen molar-refractivity contribution in [1.82, 2.24) is 4.57 Å². The highest BCUT2D eigenvalue weighted by atomic mass is 16.5. The summed E-state index contributed by atoms with van der Waals surface area (Å²) < 4.78 is 18.4. The van der Waals surface area contributed by atoms with Crippen LogP contribution in [0.1, 0.15) is 41.9 Å². The van der Waals surface area contributed by atoms with Crippen molar-refractivity contribution in [3.63, 3.8) is 0 Å². The lowest BCUT2D eigenvalue weighted by atomic mass is 10.0. The molecule has 0 fully saturated rings. The van der Waals surface area contributed by atoms with Crippen LogP contribution in [0.15, 0.2) is 48.7 Å². The molecular weight excluding hydrogens is 378 g/mol. The van der Waals surface area contributed by atoms with Gasteiger partial charge in [-0.05, 0) is 38.0 Å². The molecule has 158 valence electrons. The first-order valence-electron chi connectivity index (χ1n) is 10.2. The van der Waals surface area contributed by atoms with Crippen molar-refractivity contribution in [3.8, 4) is 28.3 Å². The third-order valence-electron chi connectivity index (χ3n) is 5.08. The summed E-state index contributed by atoms with van der Waals surface area (Å²) >= 11 is 0. The van der Waals surface area contributed by atoms with E-state index in [1.165, 1.54) is 5.56 Å². The smallest absolute Gasteiger partial charge is 0.340 e. The molecule has 0 aliphatic carbocycles. The average molecular weight is 408 g/mol. The zero-order chi connectivity index (χ0) is 21.7. The first-order chi connectivity index (χ1) is 14.5. The highest BCUT2D eigenvalue weighted by Crippen LogP contribution is 2.35. The van der Waals surface area contributed by atoms with Crippen molar-refractivity contribution < 1.29 is 19.0 Å². The fourth-order valence-corrected chi connectivity index (χ4v) is 3.62. The normalized spacial score (nSPS) is 10.7. The minimum absolute atomic E-state index is 0.296. The Kier molecular flexibility index (Phi) is 6.83. The highest BCUT2D eigenvalue weighted by Gasteiger charge is 2.24. The van der Waals surface area contributed by atoms with E-state index in [9.17, 15) is 4.79 Å². The second kappa shape index (κ2) is 9.53. The molecule has 0 aliphatic rings. The zero-order valence-corrected chi connectivity index (χ0v) is 18.3. The second-order valence-electron chi connectivity index (χ2n) is 7.11. The SMILES string of the molecule is CCCc1c(C(=O)OCC)c(-c2ccc(C)cc2)cn1-c1ccc(OC)c(OC)c1. The molecule has 0 radical (unpaired) electrons. The van der Waals surface area contributed by atoms with Crippen LogP contribution in [0.5, 0.6) is 11.5 Å². The molecule has 0 amide bonds. The fraction of sp³-hybridized carbons (Fsp3) is 0.320. The van der Waals surface area contributed by atoms with Crippen LogP contribution in [0.25, 0.3) is 16.8 Å². The molecule has 1 heterocycles. The molecular formula is C25H29NO4. The van der Waals surface area contributed by atoms with Crippen molar-refractivity contribution in [3.05, 3.63) is 65.5 Å². The molecule has 30 heavy (non-hydrogen) atoms. The first-order valence-corrected chi connectivity index (χ1v) is 10.2. The molecule has 0 spiro atoms. The molecule has 3 aromatic rings. The number of carbonyl (C=O) groups excluding carboxylic acids is 1. The van der Waals surface area contributed by atoms with E-state index in [4.69, 9.17) is 14.2 Å². The number of rotatable bonds is 8. The van der Waals surface area contributed by atoms with Crippen LogP contribution < -0.4 is 9.47 Å². The van der Waals surface area contributed by atoms with Gasteiger partial charge in [0, 0.05) is 29.2 Å². The van der Waals surface area contributed by atoms with Crippen molar-refractivity contribution >= 4 is 5.97 Å². The largest absolute Gasteiger partial charge is 0.493 e. The standard InChI is InChI=1S/C25H29NO4/c1-6-8-21-24(25(27)30-7-2)20(18-11-9-17(3)10-12-18)16-26(21)19-13-14-22(28-4)23(15-19)29-5/h9-16H,6-8H2,1-5H3. The third-order valence-corrected chi connectivity index (χ3v) is 5.08. The summed E-state index contributed by atoms with van der Waals surface area (Å²) in [4.78, 5) is 13.0. The number of carbonyl (C=O) groups is 1. The number of nitrogens with zero attached hydrogens (tertiary/aromatic N) is 1. The van der Waals surface area contributed by atoms with E-state index in [1.54, 1.807) is 14.2 Å². The summed E-state index contributed by atoms with van der Waals surface area (Å²) in [5.41, 5.74) is 5.48. The van der Waals surface area contributed by atoms with E-state index in [1.807, 2.05) is 50.4 Å². The number of hydrogen-bond acceptors (Lipinski definition) is 4. The minimum atomic E-state index is -0.296. The number of aryl methyl sites for hydroxylation is 1. The highest BCUT2D eigenvalue weighted by molar-refractivity contribution is 5.99. The van der Waals surface area contributed by atoms with E-state index >= 15 is 0 Å². The van der Waals surface area contributed by atoms with Crippen LogP contribution >= 0.6 is 0 Å². The Balaban J connectivity index is 2.26. The summed E-state index contributed by atoms with van der Waals surface area (Å²) in [5.74, 6) is 1.01. The summed E-state index contributed by atoms with van der Waals surface area (Å²) in [5, 5.41) is 0.